The van der Waals surface area contributed by atoms with E-state index in [9.17, 15) is 10.1 Å². The number of hydrogen-bond acceptors (Lipinski definition) is 3. The van der Waals surface area contributed by atoms with E-state index in [4.69, 9.17) is 0 Å². The minimum absolute atomic E-state index is 0.0869. The molecule has 1 aromatic rings. The number of nitro benzene ring substituents is 1. The predicted molar refractivity (Wildman–Crippen MR) is 60.8 cm³/mol. The molecule has 0 heterocycles. The SMILES string of the molecule is O=[N+]([O-])c1ccc(Br)c(S)c1I. The maximum Gasteiger partial charge on any atom is 0.283 e. The van der Waals surface area contributed by atoms with Crippen LogP contribution in [0.3, 0.4) is 0 Å². The molecule has 0 saturated heterocycles. The van der Waals surface area contributed by atoms with Crippen molar-refractivity contribution in [3.8, 4) is 0 Å². The van der Waals surface area contributed by atoms with Crippen LogP contribution in [0.4, 0.5) is 5.69 Å². The monoisotopic (exact) mass is 359 g/mol. The van der Waals surface area contributed by atoms with Gasteiger partial charge in [-0.05, 0) is 44.6 Å². The molecule has 0 unspecified atom stereocenters. The molecule has 0 amide bonds. The first-order valence-electron chi connectivity index (χ1n) is 2.85. The minimum Gasteiger partial charge on any atom is -0.258 e. The molecule has 0 N–H and O–H groups in total. The fourth-order valence-electron chi connectivity index (χ4n) is 0.671. The molecule has 0 aromatic heterocycles. The lowest BCUT2D eigenvalue weighted by Crippen LogP contribution is -1.92. The first kappa shape index (κ1) is 10.3. The van der Waals surface area contributed by atoms with Crippen LogP contribution >= 0.6 is 51.1 Å². The number of thiol groups is 1. The van der Waals surface area contributed by atoms with Crippen molar-refractivity contribution in [2.45, 2.75) is 4.90 Å². The van der Waals surface area contributed by atoms with Gasteiger partial charge in [0, 0.05) is 15.4 Å². The molecule has 12 heavy (non-hydrogen) atoms. The summed E-state index contributed by atoms with van der Waals surface area (Å²) in [7, 11) is 0. The lowest BCUT2D eigenvalue weighted by molar-refractivity contribution is -0.386. The van der Waals surface area contributed by atoms with Gasteiger partial charge < -0.3 is 0 Å². The second kappa shape index (κ2) is 3.93. The Balaban J connectivity index is 3.36. The van der Waals surface area contributed by atoms with Crippen LogP contribution in [-0.2, 0) is 0 Å². The number of halogens is 2. The summed E-state index contributed by atoms with van der Waals surface area (Å²) in [5.41, 5.74) is 0.0869. The Kier molecular flexibility index (Phi) is 3.36. The van der Waals surface area contributed by atoms with Crippen molar-refractivity contribution < 1.29 is 4.92 Å². The van der Waals surface area contributed by atoms with Crippen LogP contribution in [0, 0.1) is 13.7 Å². The zero-order valence-electron chi connectivity index (χ0n) is 5.62. The van der Waals surface area contributed by atoms with E-state index in [1.54, 1.807) is 6.07 Å². The predicted octanol–water partition coefficient (Wildman–Crippen LogP) is 3.25. The van der Waals surface area contributed by atoms with Gasteiger partial charge in [-0.1, -0.05) is 0 Å². The van der Waals surface area contributed by atoms with Gasteiger partial charge in [0.05, 0.1) is 4.92 Å². The quantitative estimate of drug-likeness (QED) is 0.362. The van der Waals surface area contributed by atoms with Crippen molar-refractivity contribution in [1.29, 1.82) is 0 Å². The topological polar surface area (TPSA) is 43.1 Å². The van der Waals surface area contributed by atoms with E-state index in [-0.39, 0.29) is 5.69 Å². The third-order valence-electron chi connectivity index (χ3n) is 1.24. The smallest absolute Gasteiger partial charge is 0.258 e. The average Bonchev–Trinajstić information content (AvgIpc) is 2.00. The highest BCUT2D eigenvalue weighted by atomic mass is 127. The standard InChI is InChI=1S/C6H3BrINO2S/c7-3-1-2-4(9(10)11)5(8)6(3)12/h1-2,12H. The van der Waals surface area contributed by atoms with Crippen molar-refractivity contribution in [3.63, 3.8) is 0 Å². The summed E-state index contributed by atoms with van der Waals surface area (Å²) >= 11 is 9.24. The van der Waals surface area contributed by atoms with E-state index in [1.165, 1.54) is 6.07 Å². The van der Waals surface area contributed by atoms with Gasteiger partial charge in [-0.15, -0.1) is 12.6 Å². The largest absolute Gasteiger partial charge is 0.283 e. The van der Waals surface area contributed by atoms with Crippen LogP contribution in [0.1, 0.15) is 0 Å². The third-order valence-corrected chi connectivity index (χ3v) is 4.19. The van der Waals surface area contributed by atoms with Gasteiger partial charge in [0.25, 0.3) is 5.69 Å². The molecule has 0 atom stereocenters. The van der Waals surface area contributed by atoms with Crippen LogP contribution in [0.2, 0.25) is 0 Å². The lowest BCUT2D eigenvalue weighted by Gasteiger charge is -2.00. The number of nitro groups is 1. The van der Waals surface area contributed by atoms with Gasteiger partial charge in [-0.25, -0.2) is 0 Å². The van der Waals surface area contributed by atoms with E-state index in [0.29, 0.717) is 8.47 Å². The molecule has 0 aliphatic heterocycles. The minimum atomic E-state index is -0.423. The Labute approximate surface area is 96.4 Å². The summed E-state index contributed by atoms with van der Waals surface area (Å²) in [5, 5.41) is 10.4. The first-order valence-corrected chi connectivity index (χ1v) is 5.17. The molecule has 0 bridgehead atoms. The summed E-state index contributed by atoms with van der Waals surface area (Å²) in [4.78, 5) is 10.6. The molecule has 0 fully saturated rings. The van der Waals surface area contributed by atoms with Crippen LogP contribution < -0.4 is 0 Å². The molecule has 0 aliphatic rings. The Morgan fingerprint density at radius 3 is 2.67 bits per heavy atom. The van der Waals surface area contributed by atoms with Crippen LogP contribution in [0.5, 0.6) is 0 Å². The molecular formula is C6H3BrINO2S. The van der Waals surface area contributed by atoms with E-state index in [0.717, 1.165) is 4.47 Å². The summed E-state index contributed by atoms with van der Waals surface area (Å²) < 4.78 is 1.32. The van der Waals surface area contributed by atoms with Crippen molar-refractivity contribution in [2.24, 2.45) is 0 Å². The van der Waals surface area contributed by atoms with Crippen molar-refractivity contribution in [2.75, 3.05) is 0 Å². The maximum absolute atomic E-state index is 10.4. The number of nitrogens with zero attached hydrogens (tertiary/aromatic N) is 1. The van der Waals surface area contributed by atoms with Crippen LogP contribution in [0.25, 0.3) is 0 Å². The van der Waals surface area contributed by atoms with Crippen molar-refractivity contribution >= 4 is 56.8 Å². The zero-order chi connectivity index (χ0) is 9.30. The highest BCUT2D eigenvalue weighted by molar-refractivity contribution is 14.1. The van der Waals surface area contributed by atoms with Gasteiger partial charge in [-0.3, -0.25) is 10.1 Å². The molecule has 3 nitrogen and oxygen atoms in total. The molecular weight excluding hydrogens is 357 g/mol. The van der Waals surface area contributed by atoms with Crippen LogP contribution in [-0.4, -0.2) is 4.92 Å². The van der Waals surface area contributed by atoms with Crippen molar-refractivity contribution in [3.05, 3.63) is 30.3 Å². The molecule has 0 radical (unpaired) electrons. The molecule has 1 rings (SSSR count). The summed E-state index contributed by atoms with van der Waals surface area (Å²) in [6.45, 7) is 0. The number of hydrogen-bond donors (Lipinski definition) is 1. The summed E-state index contributed by atoms with van der Waals surface area (Å²) in [5.74, 6) is 0. The summed E-state index contributed by atoms with van der Waals surface area (Å²) in [6.07, 6.45) is 0. The second-order valence-corrected chi connectivity index (χ2v) is 4.37. The van der Waals surface area contributed by atoms with E-state index in [2.05, 4.69) is 28.6 Å². The fraction of sp³-hybridized carbons (Fsp3) is 0. The average molecular weight is 360 g/mol. The Morgan fingerprint density at radius 2 is 2.17 bits per heavy atom. The Hall–Kier alpha value is 0.180. The first-order chi connectivity index (χ1) is 5.54. The maximum atomic E-state index is 10.4. The van der Waals surface area contributed by atoms with E-state index >= 15 is 0 Å². The Bertz CT molecular complexity index is 345. The van der Waals surface area contributed by atoms with Crippen LogP contribution in [0.15, 0.2) is 21.5 Å². The zero-order valence-corrected chi connectivity index (χ0v) is 10.3. The molecule has 0 saturated carbocycles. The lowest BCUT2D eigenvalue weighted by atomic mass is 10.3. The number of benzene rings is 1. The van der Waals surface area contributed by atoms with Gasteiger partial charge in [0.1, 0.15) is 3.57 Å². The van der Waals surface area contributed by atoms with Gasteiger partial charge in [0.15, 0.2) is 0 Å². The molecule has 64 valence electrons. The molecule has 0 spiro atoms. The fourth-order valence-corrected chi connectivity index (χ4v) is 2.23. The highest BCUT2D eigenvalue weighted by Gasteiger charge is 2.15. The second-order valence-electron chi connectivity index (χ2n) is 1.99. The molecule has 6 heteroatoms. The van der Waals surface area contributed by atoms with Crippen molar-refractivity contribution in [1.82, 2.24) is 0 Å². The number of rotatable bonds is 1. The Morgan fingerprint density at radius 1 is 1.58 bits per heavy atom. The van der Waals surface area contributed by atoms with E-state index in [1.807, 2.05) is 22.6 Å². The molecule has 0 aliphatic carbocycles. The third kappa shape index (κ3) is 1.91. The van der Waals surface area contributed by atoms with Gasteiger partial charge in [0.2, 0.25) is 0 Å². The normalized spacial score (nSPS) is 9.92. The van der Waals surface area contributed by atoms with E-state index < -0.39 is 4.92 Å². The van der Waals surface area contributed by atoms with Gasteiger partial charge >= 0.3 is 0 Å². The highest BCUT2D eigenvalue weighted by Crippen LogP contribution is 2.32. The summed E-state index contributed by atoms with van der Waals surface area (Å²) in [6, 6.07) is 3.06. The van der Waals surface area contributed by atoms with Gasteiger partial charge in [-0.2, -0.15) is 0 Å². The molecule has 1 aromatic carbocycles.